The maximum Gasteiger partial charge on any atom is 0.407 e. The van der Waals surface area contributed by atoms with Gasteiger partial charge in [-0.1, -0.05) is 24.9 Å². The van der Waals surface area contributed by atoms with Crippen LogP contribution < -0.4 is 16.0 Å². The zero-order valence-corrected chi connectivity index (χ0v) is 18.6. The van der Waals surface area contributed by atoms with Crippen LogP contribution in [0.4, 0.5) is 4.79 Å². The van der Waals surface area contributed by atoms with Crippen LogP contribution in [0.1, 0.15) is 52.7 Å². The highest BCUT2D eigenvalue weighted by Gasteiger charge is 2.18. The molecule has 0 saturated heterocycles. The Morgan fingerprint density at radius 3 is 2.65 bits per heavy atom. The quantitative estimate of drug-likeness (QED) is 0.300. The summed E-state index contributed by atoms with van der Waals surface area (Å²) in [6.45, 7) is 8.63. The van der Waals surface area contributed by atoms with Crippen LogP contribution in [0.2, 0.25) is 0 Å². The van der Waals surface area contributed by atoms with Crippen molar-refractivity contribution in [1.29, 1.82) is 0 Å². The molecule has 0 fully saturated rings. The molecule has 1 aromatic heterocycles. The van der Waals surface area contributed by atoms with Crippen LogP contribution in [-0.4, -0.2) is 42.4 Å². The van der Waals surface area contributed by atoms with Crippen molar-refractivity contribution in [2.45, 2.75) is 65.1 Å². The molecule has 1 rings (SSSR count). The van der Waals surface area contributed by atoms with Crippen molar-refractivity contribution < 1.29 is 14.1 Å². The highest BCUT2D eigenvalue weighted by Crippen LogP contribution is 2.07. The maximum atomic E-state index is 11.8. The zero-order valence-electron chi connectivity index (χ0n) is 16.3. The van der Waals surface area contributed by atoms with Gasteiger partial charge in [-0.15, -0.1) is 24.0 Å². The Bertz CT molecular complexity index is 529. The summed E-state index contributed by atoms with van der Waals surface area (Å²) in [7, 11) is 1.70. The lowest BCUT2D eigenvalue weighted by Gasteiger charge is -2.24. The fraction of sp³-hybridized carbons (Fsp3) is 0.706. The molecule has 0 aliphatic carbocycles. The van der Waals surface area contributed by atoms with Gasteiger partial charge in [0.2, 0.25) is 0 Å². The predicted octanol–water partition coefficient (Wildman–Crippen LogP) is 3.04. The second-order valence-electron chi connectivity index (χ2n) is 6.78. The topological polar surface area (TPSA) is 101 Å². The smallest absolute Gasteiger partial charge is 0.407 e. The number of hydrogen-bond acceptors (Lipinski definition) is 5. The molecule has 1 heterocycles. The molecule has 0 aliphatic rings. The summed E-state index contributed by atoms with van der Waals surface area (Å²) in [5.74, 6) is 0.648. The Morgan fingerprint density at radius 1 is 1.38 bits per heavy atom. The molecule has 3 N–H and O–H groups in total. The number of carbonyl (C=O) groups is 1. The fourth-order valence-corrected chi connectivity index (χ4v) is 2.09. The molecule has 0 bridgehead atoms. The average molecular weight is 481 g/mol. The second kappa shape index (κ2) is 12.8. The van der Waals surface area contributed by atoms with Crippen molar-refractivity contribution in [1.82, 2.24) is 21.1 Å². The first-order chi connectivity index (χ1) is 11.8. The van der Waals surface area contributed by atoms with Crippen molar-refractivity contribution in [2.24, 2.45) is 4.99 Å². The maximum absolute atomic E-state index is 11.8. The van der Waals surface area contributed by atoms with Crippen molar-refractivity contribution in [3.63, 3.8) is 0 Å². The SMILES string of the molecule is CCCCC(CNC(=O)OC(C)(C)C)NC(=NC)NCc1ccon1.I. The molecule has 1 amide bonds. The van der Waals surface area contributed by atoms with Gasteiger partial charge in [0.1, 0.15) is 17.6 Å². The first-order valence-electron chi connectivity index (χ1n) is 8.67. The highest BCUT2D eigenvalue weighted by molar-refractivity contribution is 14.0. The number of nitrogens with one attached hydrogen (secondary N) is 3. The Balaban J connectivity index is 0.00000625. The van der Waals surface area contributed by atoms with Crippen LogP contribution >= 0.6 is 24.0 Å². The van der Waals surface area contributed by atoms with E-state index in [0.717, 1.165) is 25.0 Å². The molecule has 1 atom stereocenters. The van der Waals surface area contributed by atoms with E-state index in [1.54, 1.807) is 13.1 Å². The van der Waals surface area contributed by atoms with E-state index >= 15 is 0 Å². The first-order valence-corrected chi connectivity index (χ1v) is 8.67. The van der Waals surface area contributed by atoms with Gasteiger partial charge in [0.05, 0.1) is 6.54 Å². The van der Waals surface area contributed by atoms with Gasteiger partial charge in [-0.2, -0.15) is 0 Å². The number of guanidine groups is 1. The number of rotatable bonds is 8. The zero-order chi connectivity index (χ0) is 18.7. The van der Waals surface area contributed by atoms with Crippen LogP contribution in [0, 0.1) is 0 Å². The van der Waals surface area contributed by atoms with Gasteiger partial charge in [-0.25, -0.2) is 4.79 Å². The molecule has 1 unspecified atom stereocenters. The second-order valence-corrected chi connectivity index (χ2v) is 6.78. The number of aliphatic imine (C=N–C) groups is 1. The van der Waals surface area contributed by atoms with Crippen LogP contribution in [0.5, 0.6) is 0 Å². The monoisotopic (exact) mass is 481 g/mol. The predicted molar refractivity (Wildman–Crippen MR) is 113 cm³/mol. The average Bonchev–Trinajstić information content (AvgIpc) is 3.05. The summed E-state index contributed by atoms with van der Waals surface area (Å²) >= 11 is 0. The van der Waals surface area contributed by atoms with Gasteiger partial charge in [-0.05, 0) is 27.2 Å². The van der Waals surface area contributed by atoms with Crippen LogP contribution in [0.3, 0.4) is 0 Å². The fourth-order valence-electron chi connectivity index (χ4n) is 2.09. The van der Waals surface area contributed by atoms with E-state index in [1.165, 1.54) is 6.26 Å². The number of carbonyl (C=O) groups excluding carboxylic acids is 1. The molecule has 26 heavy (non-hydrogen) atoms. The summed E-state index contributed by atoms with van der Waals surface area (Å²) in [4.78, 5) is 16.1. The number of aromatic nitrogens is 1. The molecular weight excluding hydrogens is 449 g/mol. The van der Waals surface area contributed by atoms with Crippen molar-refractivity contribution in [2.75, 3.05) is 13.6 Å². The molecular formula is C17H32IN5O3. The van der Waals surface area contributed by atoms with E-state index in [1.807, 2.05) is 20.8 Å². The largest absolute Gasteiger partial charge is 0.444 e. The van der Waals surface area contributed by atoms with E-state index in [4.69, 9.17) is 9.26 Å². The van der Waals surface area contributed by atoms with E-state index in [0.29, 0.717) is 19.0 Å². The lowest BCUT2D eigenvalue weighted by Crippen LogP contribution is -2.48. The minimum atomic E-state index is -0.508. The van der Waals surface area contributed by atoms with Gasteiger partial charge in [-0.3, -0.25) is 4.99 Å². The van der Waals surface area contributed by atoms with Gasteiger partial charge in [0.15, 0.2) is 5.96 Å². The Hall–Kier alpha value is -1.52. The van der Waals surface area contributed by atoms with Crippen LogP contribution in [-0.2, 0) is 11.3 Å². The molecule has 150 valence electrons. The highest BCUT2D eigenvalue weighted by atomic mass is 127. The molecule has 8 nitrogen and oxygen atoms in total. The molecule has 0 aromatic carbocycles. The number of halogens is 1. The van der Waals surface area contributed by atoms with Crippen LogP contribution in [0.15, 0.2) is 21.8 Å². The summed E-state index contributed by atoms with van der Waals surface area (Å²) in [5, 5.41) is 13.2. The van der Waals surface area contributed by atoms with E-state index < -0.39 is 11.7 Å². The Kier molecular flexibility index (Phi) is 12.0. The molecule has 0 radical (unpaired) electrons. The third kappa shape index (κ3) is 11.2. The van der Waals surface area contributed by atoms with E-state index in [2.05, 4.69) is 33.0 Å². The Morgan fingerprint density at radius 2 is 2.12 bits per heavy atom. The summed E-state index contributed by atoms with van der Waals surface area (Å²) in [5.41, 5.74) is 0.283. The van der Waals surface area contributed by atoms with Gasteiger partial charge in [0, 0.05) is 25.7 Å². The Labute approximate surface area is 172 Å². The molecule has 0 aliphatic heterocycles. The number of alkyl carbamates (subject to hydrolysis) is 1. The van der Waals surface area contributed by atoms with Crippen molar-refractivity contribution in [3.05, 3.63) is 18.0 Å². The number of amides is 1. The summed E-state index contributed by atoms with van der Waals surface area (Å²) < 4.78 is 10.1. The standard InChI is InChI=1S/C17H31N5O3.HI/c1-6-7-8-13(11-20-16(23)25-17(2,3)4)21-15(18-5)19-12-14-9-10-24-22-14;/h9-10,13H,6-8,11-12H2,1-5H3,(H,20,23)(H2,18,19,21);1H. The number of ether oxygens (including phenoxy) is 1. The summed E-state index contributed by atoms with van der Waals surface area (Å²) in [6.07, 6.45) is 4.16. The molecule has 0 spiro atoms. The molecule has 9 heteroatoms. The van der Waals surface area contributed by atoms with Crippen molar-refractivity contribution in [3.8, 4) is 0 Å². The van der Waals surface area contributed by atoms with Gasteiger partial charge < -0.3 is 25.2 Å². The van der Waals surface area contributed by atoms with E-state index in [9.17, 15) is 4.79 Å². The molecule has 1 aromatic rings. The van der Waals surface area contributed by atoms with E-state index in [-0.39, 0.29) is 30.0 Å². The molecule has 0 saturated carbocycles. The third-order valence-corrected chi connectivity index (χ3v) is 3.29. The third-order valence-electron chi connectivity index (χ3n) is 3.29. The van der Waals surface area contributed by atoms with Crippen molar-refractivity contribution >= 4 is 36.0 Å². The first kappa shape index (κ1) is 24.5. The minimum absolute atomic E-state index is 0. The summed E-state index contributed by atoms with van der Waals surface area (Å²) in [6, 6.07) is 1.84. The lowest BCUT2D eigenvalue weighted by molar-refractivity contribution is 0.0523. The number of nitrogens with zero attached hydrogens (tertiary/aromatic N) is 2. The lowest BCUT2D eigenvalue weighted by atomic mass is 10.1. The number of hydrogen-bond donors (Lipinski definition) is 3. The van der Waals surface area contributed by atoms with Gasteiger partial charge in [0.25, 0.3) is 0 Å². The number of unbranched alkanes of at least 4 members (excludes halogenated alkanes) is 1. The van der Waals surface area contributed by atoms with Crippen LogP contribution in [0.25, 0.3) is 0 Å². The minimum Gasteiger partial charge on any atom is -0.444 e. The van der Waals surface area contributed by atoms with Gasteiger partial charge >= 0.3 is 6.09 Å². The normalized spacial score (nSPS) is 12.7.